The largest absolute Gasteiger partial charge is 0.496 e. The molecule has 0 radical (unpaired) electrons. The summed E-state index contributed by atoms with van der Waals surface area (Å²) < 4.78 is 26.1. The van der Waals surface area contributed by atoms with Gasteiger partial charge in [0.05, 0.1) is 48.3 Å². The summed E-state index contributed by atoms with van der Waals surface area (Å²) in [6.07, 6.45) is 1.40. The van der Waals surface area contributed by atoms with Gasteiger partial charge in [0, 0.05) is 17.2 Å². The maximum Gasteiger partial charge on any atom is 0.259 e. The zero-order valence-electron chi connectivity index (χ0n) is 18.0. The number of carbonyl (C=O) groups is 2. The van der Waals surface area contributed by atoms with Crippen LogP contribution in [0.3, 0.4) is 0 Å². The van der Waals surface area contributed by atoms with Gasteiger partial charge >= 0.3 is 0 Å². The van der Waals surface area contributed by atoms with Gasteiger partial charge in [0.15, 0.2) is 23.0 Å². The maximum absolute atomic E-state index is 12.3. The standard InChI is InChI=1S/C21H25N3O7/c1-27-15-7-6-13(8-17(15)29-3)21(26)22-12-20(25)24-23-11-14-9-18(30-4)19(31-5)10-16(14)28-2/h6-11H,12H2,1-5H3,(H,22,26)(H,24,25)/b23-11+. The molecule has 0 bridgehead atoms. The van der Waals surface area contributed by atoms with E-state index in [1.807, 2.05) is 0 Å². The third-order valence-electron chi connectivity index (χ3n) is 4.18. The lowest BCUT2D eigenvalue weighted by molar-refractivity contribution is -0.120. The fourth-order valence-electron chi connectivity index (χ4n) is 2.61. The van der Waals surface area contributed by atoms with Crippen molar-refractivity contribution >= 4 is 18.0 Å². The Morgan fingerprint density at radius 1 is 0.806 bits per heavy atom. The fourth-order valence-corrected chi connectivity index (χ4v) is 2.61. The smallest absolute Gasteiger partial charge is 0.259 e. The van der Waals surface area contributed by atoms with Crippen molar-refractivity contribution in [3.05, 3.63) is 41.5 Å². The van der Waals surface area contributed by atoms with Gasteiger partial charge in [-0.3, -0.25) is 9.59 Å². The van der Waals surface area contributed by atoms with Crippen LogP contribution in [0.4, 0.5) is 0 Å². The predicted molar refractivity (Wildman–Crippen MR) is 114 cm³/mol. The highest BCUT2D eigenvalue weighted by Gasteiger charge is 2.13. The highest BCUT2D eigenvalue weighted by molar-refractivity contribution is 5.97. The number of carbonyl (C=O) groups excluding carboxylic acids is 2. The van der Waals surface area contributed by atoms with Crippen molar-refractivity contribution in [2.75, 3.05) is 42.1 Å². The number of amides is 2. The van der Waals surface area contributed by atoms with Crippen molar-refractivity contribution in [2.24, 2.45) is 5.10 Å². The first-order valence-electron chi connectivity index (χ1n) is 9.09. The molecule has 0 aliphatic carbocycles. The van der Waals surface area contributed by atoms with Gasteiger partial charge in [0.1, 0.15) is 5.75 Å². The Labute approximate surface area is 180 Å². The van der Waals surface area contributed by atoms with E-state index in [0.29, 0.717) is 39.9 Å². The summed E-state index contributed by atoms with van der Waals surface area (Å²) in [6.45, 7) is -0.270. The van der Waals surface area contributed by atoms with Gasteiger partial charge in [-0.15, -0.1) is 0 Å². The summed E-state index contributed by atoms with van der Waals surface area (Å²) in [5.41, 5.74) is 3.23. The quantitative estimate of drug-likeness (QED) is 0.434. The monoisotopic (exact) mass is 431 g/mol. The van der Waals surface area contributed by atoms with E-state index in [1.54, 1.807) is 24.3 Å². The molecule has 0 saturated heterocycles. The number of hydrogen-bond donors (Lipinski definition) is 2. The summed E-state index contributed by atoms with van der Waals surface area (Å²) in [4.78, 5) is 24.3. The highest BCUT2D eigenvalue weighted by Crippen LogP contribution is 2.33. The van der Waals surface area contributed by atoms with E-state index in [0.717, 1.165) is 0 Å². The number of nitrogens with one attached hydrogen (secondary N) is 2. The van der Waals surface area contributed by atoms with Crippen LogP contribution >= 0.6 is 0 Å². The first-order valence-corrected chi connectivity index (χ1v) is 9.09. The van der Waals surface area contributed by atoms with Crippen molar-refractivity contribution in [1.29, 1.82) is 0 Å². The minimum absolute atomic E-state index is 0.270. The van der Waals surface area contributed by atoms with E-state index in [2.05, 4.69) is 15.8 Å². The number of rotatable bonds is 10. The van der Waals surface area contributed by atoms with Crippen LogP contribution in [0.15, 0.2) is 35.4 Å². The summed E-state index contributed by atoms with van der Waals surface area (Å²) in [5, 5.41) is 6.40. The van der Waals surface area contributed by atoms with Gasteiger partial charge in [-0.25, -0.2) is 5.43 Å². The Kier molecular flexibility index (Phi) is 8.50. The lowest BCUT2D eigenvalue weighted by atomic mass is 10.2. The average Bonchev–Trinajstić information content (AvgIpc) is 2.81. The first-order chi connectivity index (χ1) is 15.0. The minimum atomic E-state index is -0.510. The molecule has 10 nitrogen and oxygen atoms in total. The molecule has 2 N–H and O–H groups in total. The molecule has 0 heterocycles. The topological polar surface area (TPSA) is 117 Å². The zero-order chi connectivity index (χ0) is 22.8. The maximum atomic E-state index is 12.3. The van der Waals surface area contributed by atoms with E-state index in [1.165, 1.54) is 47.8 Å². The van der Waals surface area contributed by atoms with Crippen molar-refractivity contribution in [3.8, 4) is 28.7 Å². The molecule has 166 valence electrons. The molecule has 0 spiro atoms. The summed E-state index contributed by atoms with van der Waals surface area (Å²) in [5.74, 6) is 1.42. The molecule has 10 heteroatoms. The van der Waals surface area contributed by atoms with Gasteiger partial charge in [0.2, 0.25) is 0 Å². The third-order valence-corrected chi connectivity index (χ3v) is 4.18. The minimum Gasteiger partial charge on any atom is -0.496 e. The van der Waals surface area contributed by atoms with Crippen LogP contribution in [-0.2, 0) is 4.79 Å². The van der Waals surface area contributed by atoms with Crippen LogP contribution in [0.1, 0.15) is 15.9 Å². The number of hydrazone groups is 1. The molecule has 2 amide bonds. The van der Waals surface area contributed by atoms with Crippen molar-refractivity contribution < 1.29 is 33.3 Å². The van der Waals surface area contributed by atoms with Gasteiger partial charge in [0.25, 0.3) is 11.8 Å². The Morgan fingerprint density at radius 2 is 1.39 bits per heavy atom. The highest BCUT2D eigenvalue weighted by atomic mass is 16.5. The molecule has 0 fully saturated rings. The van der Waals surface area contributed by atoms with Crippen molar-refractivity contribution in [3.63, 3.8) is 0 Å². The number of methoxy groups -OCH3 is 5. The SMILES string of the molecule is COc1cc(OC)c(OC)cc1/C=N/NC(=O)CNC(=O)c1ccc(OC)c(OC)c1. The molecule has 2 rings (SSSR count). The van der Waals surface area contributed by atoms with Crippen LogP contribution in [0, 0.1) is 0 Å². The molecule has 0 atom stereocenters. The lowest BCUT2D eigenvalue weighted by Gasteiger charge is -2.11. The molecule has 31 heavy (non-hydrogen) atoms. The second-order valence-corrected chi connectivity index (χ2v) is 5.99. The predicted octanol–water partition coefficient (Wildman–Crippen LogP) is 1.61. The number of nitrogens with zero attached hydrogens (tertiary/aromatic N) is 1. The van der Waals surface area contributed by atoms with E-state index >= 15 is 0 Å². The van der Waals surface area contributed by atoms with E-state index < -0.39 is 11.8 Å². The normalized spacial score (nSPS) is 10.4. The number of hydrogen-bond acceptors (Lipinski definition) is 8. The van der Waals surface area contributed by atoms with E-state index in [9.17, 15) is 9.59 Å². The molecular weight excluding hydrogens is 406 g/mol. The van der Waals surface area contributed by atoms with Crippen LogP contribution in [0.5, 0.6) is 28.7 Å². The first kappa shape index (κ1) is 23.3. The Bertz CT molecular complexity index is 960. The second-order valence-electron chi connectivity index (χ2n) is 5.99. The van der Waals surface area contributed by atoms with Gasteiger partial charge in [-0.05, 0) is 24.3 Å². The van der Waals surface area contributed by atoms with Gasteiger partial charge in [-0.2, -0.15) is 5.10 Å². The lowest BCUT2D eigenvalue weighted by Crippen LogP contribution is -2.34. The van der Waals surface area contributed by atoms with Crippen molar-refractivity contribution in [2.45, 2.75) is 0 Å². The summed E-state index contributed by atoms with van der Waals surface area (Å²) in [6, 6.07) is 8.00. The fraction of sp³-hybridized carbons (Fsp3) is 0.286. The summed E-state index contributed by atoms with van der Waals surface area (Å²) >= 11 is 0. The van der Waals surface area contributed by atoms with E-state index in [-0.39, 0.29) is 6.54 Å². The summed E-state index contributed by atoms with van der Waals surface area (Å²) in [7, 11) is 7.50. The van der Waals surface area contributed by atoms with Gasteiger partial charge < -0.3 is 29.0 Å². The third kappa shape index (κ3) is 6.01. The molecule has 0 aliphatic heterocycles. The Hall–Kier alpha value is -3.95. The number of benzene rings is 2. The Morgan fingerprint density at radius 3 is 2.00 bits per heavy atom. The molecule has 0 aromatic heterocycles. The van der Waals surface area contributed by atoms with Crippen molar-refractivity contribution in [1.82, 2.24) is 10.7 Å². The molecule has 2 aromatic carbocycles. The number of ether oxygens (including phenoxy) is 5. The van der Waals surface area contributed by atoms with Crippen LogP contribution < -0.4 is 34.4 Å². The second kappa shape index (κ2) is 11.3. The molecule has 0 saturated carbocycles. The molecule has 0 aliphatic rings. The van der Waals surface area contributed by atoms with Crippen LogP contribution in [0.2, 0.25) is 0 Å². The van der Waals surface area contributed by atoms with Gasteiger partial charge in [-0.1, -0.05) is 0 Å². The molecule has 2 aromatic rings. The zero-order valence-corrected chi connectivity index (χ0v) is 18.0. The average molecular weight is 431 g/mol. The molecular formula is C21H25N3O7. The molecule has 0 unspecified atom stereocenters. The van der Waals surface area contributed by atoms with Crippen LogP contribution in [-0.4, -0.2) is 60.1 Å². The van der Waals surface area contributed by atoms with Crippen LogP contribution in [0.25, 0.3) is 0 Å². The van der Waals surface area contributed by atoms with E-state index in [4.69, 9.17) is 23.7 Å². The Balaban J connectivity index is 1.96.